The second-order valence-electron chi connectivity index (χ2n) is 2.25. The normalized spacial score (nSPS) is 9.94. The van der Waals surface area contributed by atoms with Crippen LogP contribution in [0.3, 0.4) is 0 Å². The lowest BCUT2D eigenvalue weighted by molar-refractivity contribution is -0.111. The smallest absolute Gasteiger partial charge is 0.222 e. The predicted octanol–water partition coefficient (Wildman–Crippen LogP) is 3.73. The summed E-state index contributed by atoms with van der Waals surface area (Å²) < 4.78 is 0. The van der Waals surface area contributed by atoms with Crippen LogP contribution in [0.15, 0.2) is 37.0 Å². The molecule has 0 unspecified atom stereocenters. The first kappa shape index (κ1) is 17.6. The van der Waals surface area contributed by atoms with Crippen molar-refractivity contribution >= 4 is 33.7 Å². The van der Waals surface area contributed by atoms with Gasteiger partial charge in [0, 0.05) is 12.2 Å². The molecule has 0 saturated heterocycles. The molecular weight excluding hydrogens is 244 g/mol. The highest BCUT2D eigenvalue weighted by Gasteiger charge is 1.99. The van der Waals surface area contributed by atoms with Crippen LogP contribution in [-0.4, -0.2) is 16.1 Å². The van der Waals surface area contributed by atoms with E-state index in [1.54, 1.807) is 24.3 Å². The number of hydrogen-bond acceptors (Lipinski definition) is 3. The lowest BCUT2D eigenvalue weighted by Crippen LogP contribution is -1.92. The van der Waals surface area contributed by atoms with Gasteiger partial charge >= 0.3 is 0 Å². The molecule has 0 fully saturated rings. The van der Waals surface area contributed by atoms with Crippen molar-refractivity contribution in [1.82, 2.24) is 0 Å². The van der Waals surface area contributed by atoms with Gasteiger partial charge in [-0.1, -0.05) is 56.5 Å². The molecule has 0 aliphatic carbocycles. The van der Waals surface area contributed by atoms with E-state index in [0.717, 1.165) is 11.8 Å². The Morgan fingerprint density at radius 3 is 2.38 bits per heavy atom. The van der Waals surface area contributed by atoms with Gasteiger partial charge in [-0.3, -0.25) is 9.59 Å². The summed E-state index contributed by atoms with van der Waals surface area (Å²) in [5, 5.41) is -0.502. The number of thioether (sulfide) groups is 1. The molecule has 2 nitrogen and oxygen atoms in total. The van der Waals surface area contributed by atoms with E-state index in [2.05, 4.69) is 6.58 Å². The van der Waals surface area contributed by atoms with Crippen molar-refractivity contribution in [1.29, 1.82) is 0 Å². The van der Waals surface area contributed by atoms with Crippen LogP contribution in [0, 0.1) is 0 Å². The minimum atomic E-state index is -0.416. The van der Waals surface area contributed by atoms with Gasteiger partial charge in [0.05, 0.1) is 0 Å². The fourth-order valence-electron chi connectivity index (χ4n) is 0.557. The van der Waals surface area contributed by atoms with Crippen molar-refractivity contribution in [2.24, 2.45) is 0 Å². The zero-order chi connectivity index (χ0) is 12.8. The van der Waals surface area contributed by atoms with Gasteiger partial charge in [-0.05, 0) is 17.7 Å². The Bertz CT molecular complexity index is 270. The lowest BCUT2D eigenvalue weighted by atomic mass is 10.4. The van der Waals surface area contributed by atoms with E-state index >= 15 is 0 Å². The van der Waals surface area contributed by atoms with Crippen LogP contribution in [0.5, 0.6) is 0 Å². The van der Waals surface area contributed by atoms with E-state index in [4.69, 9.17) is 11.6 Å². The maximum atomic E-state index is 11.0. The fraction of sp³-hybridized carbons (Fsp3) is 0.333. The second-order valence-corrected chi connectivity index (χ2v) is 3.77. The topological polar surface area (TPSA) is 34.1 Å². The van der Waals surface area contributed by atoms with Crippen LogP contribution in [0.4, 0.5) is 0 Å². The molecule has 0 spiro atoms. The van der Waals surface area contributed by atoms with Gasteiger partial charge in [-0.2, -0.15) is 0 Å². The summed E-state index contributed by atoms with van der Waals surface area (Å²) >= 11 is 6.18. The molecule has 0 bridgehead atoms. The number of rotatable bonds is 6. The third-order valence-corrected chi connectivity index (χ3v) is 2.15. The zero-order valence-electron chi connectivity index (χ0n) is 9.61. The monoisotopic (exact) mass is 260 g/mol. The summed E-state index contributed by atoms with van der Waals surface area (Å²) in [4.78, 5) is 21.4. The molecule has 0 atom stereocenters. The molecule has 0 aliphatic heterocycles. The predicted molar refractivity (Wildman–Crippen MR) is 72.8 cm³/mol. The Kier molecular flexibility index (Phi) is 15.6. The van der Waals surface area contributed by atoms with Crippen LogP contribution < -0.4 is 0 Å². The van der Waals surface area contributed by atoms with E-state index in [1.807, 2.05) is 13.8 Å². The first-order chi connectivity index (χ1) is 7.66. The van der Waals surface area contributed by atoms with E-state index in [9.17, 15) is 9.59 Å². The fourth-order valence-corrected chi connectivity index (χ4v) is 1.43. The Labute approximate surface area is 106 Å². The minimum absolute atomic E-state index is 0.0865. The van der Waals surface area contributed by atoms with Crippen molar-refractivity contribution in [3.05, 3.63) is 37.0 Å². The van der Waals surface area contributed by atoms with Crippen molar-refractivity contribution < 1.29 is 9.59 Å². The Hall–Kier alpha value is -0.800. The van der Waals surface area contributed by atoms with Gasteiger partial charge in [-0.15, -0.1) is 0 Å². The van der Waals surface area contributed by atoms with Gasteiger partial charge in [0.15, 0.2) is 0 Å². The molecule has 0 aromatic carbocycles. The molecule has 0 amide bonds. The van der Waals surface area contributed by atoms with E-state index in [-0.39, 0.29) is 11.5 Å². The third-order valence-electron chi connectivity index (χ3n) is 1.13. The highest BCUT2D eigenvalue weighted by atomic mass is 35.5. The number of hydrogen-bond donors (Lipinski definition) is 0. The first-order valence-electron chi connectivity index (χ1n) is 4.97. The van der Waals surface area contributed by atoms with Crippen molar-refractivity contribution in [2.75, 3.05) is 5.75 Å². The second kappa shape index (κ2) is 14.2. The van der Waals surface area contributed by atoms with Crippen molar-refractivity contribution in [3.63, 3.8) is 0 Å². The SMILES string of the molecule is C=C/C=C\C=C\C(=O)SCCC(=O)Cl.CC. The molecule has 0 N–H and O–H groups in total. The molecule has 90 valence electrons. The van der Waals surface area contributed by atoms with Crippen LogP contribution >= 0.6 is 23.4 Å². The standard InChI is InChI=1S/C10H11ClO2S.C2H6/c1-2-3-4-5-6-10(13)14-8-7-9(11)12;1-2/h2-6H,1,7-8H2;1-2H3/b4-3-,6-5+;. The maximum Gasteiger partial charge on any atom is 0.222 e. The number of carbonyl (C=O) groups is 2. The molecule has 0 radical (unpaired) electrons. The van der Waals surface area contributed by atoms with Gasteiger partial charge in [0.2, 0.25) is 10.4 Å². The maximum absolute atomic E-state index is 11.0. The highest BCUT2D eigenvalue weighted by Crippen LogP contribution is 2.06. The van der Waals surface area contributed by atoms with Crippen LogP contribution in [-0.2, 0) is 9.59 Å². The van der Waals surface area contributed by atoms with E-state index in [1.165, 1.54) is 6.08 Å². The van der Waals surface area contributed by atoms with Gasteiger partial charge in [0.25, 0.3) is 0 Å². The van der Waals surface area contributed by atoms with Crippen molar-refractivity contribution in [2.45, 2.75) is 20.3 Å². The molecular formula is C12H17ClO2S. The summed E-state index contributed by atoms with van der Waals surface area (Å²) in [6.45, 7) is 7.48. The summed E-state index contributed by atoms with van der Waals surface area (Å²) in [6, 6.07) is 0. The molecule has 4 heteroatoms. The van der Waals surface area contributed by atoms with Crippen LogP contribution in [0.1, 0.15) is 20.3 Å². The first-order valence-corrected chi connectivity index (χ1v) is 6.34. The van der Waals surface area contributed by atoms with Gasteiger partial charge in [-0.25, -0.2) is 0 Å². The van der Waals surface area contributed by atoms with Crippen LogP contribution in [0.25, 0.3) is 0 Å². The minimum Gasteiger partial charge on any atom is -0.282 e. The number of carbonyl (C=O) groups excluding carboxylic acids is 2. The quantitative estimate of drug-likeness (QED) is 0.415. The molecule has 0 rings (SSSR count). The summed E-state index contributed by atoms with van der Waals surface area (Å²) in [7, 11) is 0. The number of halogens is 1. The number of allylic oxidation sites excluding steroid dienone is 4. The Balaban J connectivity index is 0. The van der Waals surface area contributed by atoms with E-state index in [0.29, 0.717) is 5.75 Å². The molecule has 0 heterocycles. The molecule has 0 aromatic heterocycles. The average molecular weight is 261 g/mol. The van der Waals surface area contributed by atoms with E-state index < -0.39 is 5.24 Å². The molecule has 16 heavy (non-hydrogen) atoms. The van der Waals surface area contributed by atoms with Gasteiger partial charge < -0.3 is 0 Å². The summed E-state index contributed by atoms with van der Waals surface area (Å²) in [5.41, 5.74) is 0. The van der Waals surface area contributed by atoms with Crippen LogP contribution in [0.2, 0.25) is 0 Å². The zero-order valence-corrected chi connectivity index (χ0v) is 11.2. The highest BCUT2D eigenvalue weighted by molar-refractivity contribution is 8.14. The Morgan fingerprint density at radius 2 is 1.88 bits per heavy atom. The van der Waals surface area contributed by atoms with Crippen molar-refractivity contribution in [3.8, 4) is 0 Å². The van der Waals surface area contributed by atoms with Gasteiger partial charge in [0.1, 0.15) is 0 Å². The summed E-state index contributed by atoms with van der Waals surface area (Å²) in [5.74, 6) is 0.427. The summed E-state index contributed by atoms with van der Waals surface area (Å²) in [6.07, 6.45) is 8.32. The lowest BCUT2D eigenvalue weighted by Gasteiger charge is -1.91. The third kappa shape index (κ3) is 15.7. The molecule has 0 aromatic rings. The average Bonchev–Trinajstić information content (AvgIpc) is 2.27. The molecule has 0 aliphatic rings. The molecule has 0 saturated carbocycles. The Morgan fingerprint density at radius 1 is 1.25 bits per heavy atom. The largest absolute Gasteiger partial charge is 0.282 e.